The standard InChI is InChI=1S/C13H17N3O/c1-10-14-7-12(16-10)8-15-13-6-4-3-5-11(13)9-17-2/h3-7,15H,8-9H2,1-2H3,(H,14,16). The van der Waals surface area contributed by atoms with Gasteiger partial charge in [0.25, 0.3) is 0 Å². The Hall–Kier alpha value is -1.81. The predicted octanol–water partition coefficient (Wildman–Crippen LogP) is 2.48. The van der Waals surface area contributed by atoms with Crippen LogP contribution >= 0.6 is 0 Å². The third kappa shape index (κ3) is 3.07. The van der Waals surface area contributed by atoms with Crippen molar-refractivity contribution in [2.45, 2.75) is 20.1 Å². The lowest BCUT2D eigenvalue weighted by Gasteiger charge is -2.10. The van der Waals surface area contributed by atoms with E-state index in [9.17, 15) is 0 Å². The van der Waals surface area contributed by atoms with Gasteiger partial charge in [-0.15, -0.1) is 0 Å². The number of nitrogens with zero attached hydrogens (tertiary/aromatic N) is 1. The van der Waals surface area contributed by atoms with Gasteiger partial charge in [-0.3, -0.25) is 0 Å². The molecule has 0 atom stereocenters. The first-order valence-electron chi connectivity index (χ1n) is 5.61. The molecule has 0 aliphatic heterocycles. The SMILES string of the molecule is COCc1ccccc1NCc1cnc(C)[nH]1. The number of benzene rings is 1. The highest BCUT2D eigenvalue weighted by atomic mass is 16.5. The van der Waals surface area contributed by atoms with Gasteiger partial charge in [0.05, 0.1) is 25.0 Å². The van der Waals surface area contributed by atoms with Gasteiger partial charge in [-0.05, 0) is 13.0 Å². The van der Waals surface area contributed by atoms with Gasteiger partial charge in [0.1, 0.15) is 5.82 Å². The number of para-hydroxylation sites is 1. The maximum absolute atomic E-state index is 5.16. The molecule has 1 aromatic heterocycles. The number of H-pyrrole nitrogens is 1. The second-order valence-corrected chi connectivity index (χ2v) is 3.94. The molecule has 4 heteroatoms. The van der Waals surface area contributed by atoms with E-state index in [1.54, 1.807) is 7.11 Å². The molecular formula is C13H17N3O. The first-order valence-corrected chi connectivity index (χ1v) is 5.61. The van der Waals surface area contributed by atoms with Gasteiger partial charge in [-0.2, -0.15) is 0 Å². The number of aryl methyl sites for hydroxylation is 1. The van der Waals surface area contributed by atoms with Crippen molar-refractivity contribution in [1.29, 1.82) is 0 Å². The molecule has 0 saturated heterocycles. The van der Waals surface area contributed by atoms with Crippen LogP contribution in [-0.4, -0.2) is 17.1 Å². The summed E-state index contributed by atoms with van der Waals surface area (Å²) in [4.78, 5) is 7.36. The highest BCUT2D eigenvalue weighted by Gasteiger charge is 2.02. The van der Waals surface area contributed by atoms with E-state index in [1.807, 2.05) is 25.3 Å². The Labute approximate surface area is 101 Å². The molecule has 17 heavy (non-hydrogen) atoms. The molecule has 0 spiro atoms. The fraction of sp³-hybridized carbons (Fsp3) is 0.308. The van der Waals surface area contributed by atoms with Crippen molar-refractivity contribution in [3.8, 4) is 0 Å². The van der Waals surface area contributed by atoms with Crippen molar-refractivity contribution in [2.24, 2.45) is 0 Å². The molecule has 0 aliphatic carbocycles. The first kappa shape index (κ1) is 11.7. The van der Waals surface area contributed by atoms with E-state index in [0.717, 1.165) is 29.3 Å². The molecule has 0 amide bonds. The van der Waals surface area contributed by atoms with Crippen LogP contribution in [0.15, 0.2) is 30.5 Å². The lowest BCUT2D eigenvalue weighted by atomic mass is 10.2. The van der Waals surface area contributed by atoms with E-state index in [0.29, 0.717) is 6.61 Å². The summed E-state index contributed by atoms with van der Waals surface area (Å²) in [5.74, 6) is 0.937. The van der Waals surface area contributed by atoms with Gasteiger partial charge in [0.15, 0.2) is 0 Å². The lowest BCUT2D eigenvalue weighted by molar-refractivity contribution is 0.185. The molecule has 0 saturated carbocycles. The fourth-order valence-electron chi connectivity index (χ4n) is 1.73. The molecule has 1 heterocycles. The number of anilines is 1. The Kier molecular flexibility index (Phi) is 3.77. The van der Waals surface area contributed by atoms with Gasteiger partial charge in [0.2, 0.25) is 0 Å². The molecular weight excluding hydrogens is 214 g/mol. The maximum Gasteiger partial charge on any atom is 0.103 e. The third-order valence-corrected chi connectivity index (χ3v) is 2.54. The van der Waals surface area contributed by atoms with Crippen molar-refractivity contribution in [1.82, 2.24) is 9.97 Å². The van der Waals surface area contributed by atoms with Crippen LogP contribution in [0.5, 0.6) is 0 Å². The Morgan fingerprint density at radius 3 is 2.88 bits per heavy atom. The summed E-state index contributed by atoms with van der Waals surface area (Å²) < 4.78 is 5.16. The van der Waals surface area contributed by atoms with E-state index in [4.69, 9.17) is 4.74 Å². The summed E-state index contributed by atoms with van der Waals surface area (Å²) in [5.41, 5.74) is 3.34. The summed E-state index contributed by atoms with van der Waals surface area (Å²) in [6, 6.07) is 8.14. The van der Waals surface area contributed by atoms with Gasteiger partial charge in [-0.25, -0.2) is 4.98 Å². The number of ether oxygens (including phenoxy) is 1. The topological polar surface area (TPSA) is 49.9 Å². The zero-order valence-corrected chi connectivity index (χ0v) is 10.2. The Morgan fingerprint density at radius 2 is 2.18 bits per heavy atom. The molecule has 0 radical (unpaired) electrons. The fourth-order valence-corrected chi connectivity index (χ4v) is 1.73. The van der Waals surface area contributed by atoms with Crippen LogP contribution in [0.2, 0.25) is 0 Å². The monoisotopic (exact) mass is 231 g/mol. The summed E-state index contributed by atoms with van der Waals surface area (Å²) in [5, 5.41) is 3.38. The average molecular weight is 231 g/mol. The number of hydrogen-bond donors (Lipinski definition) is 2. The quantitative estimate of drug-likeness (QED) is 0.831. The van der Waals surface area contributed by atoms with Crippen molar-refractivity contribution >= 4 is 5.69 Å². The first-order chi connectivity index (χ1) is 8.29. The van der Waals surface area contributed by atoms with E-state index in [-0.39, 0.29) is 0 Å². The molecule has 0 fully saturated rings. The zero-order chi connectivity index (χ0) is 12.1. The molecule has 90 valence electrons. The molecule has 2 rings (SSSR count). The Bertz CT molecular complexity index is 479. The number of aromatic amines is 1. The molecule has 0 aliphatic rings. The van der Waals surface area contributed by atoms with Crippen molar-refractivity contribution in [3.63, 3.8) is 0 Å². The van der Waals surface area contributed by atoms with Crippen LogP contribution in [0.3, 0.4) is 0 Å². The van der Waals surface area contributed by atoms with E-state index >= 15 is 0 Å². The molecule has 2 aromatic rings. The number of aromatic nitrogens is 2. The Morgan fingerprint density at radius 1 is 1.35 bits per heavy atom. The largest absolute Gasteiger partial charge is 0.380 e. The minimum Gasteiger partial charge on any atom is -0.380 e. The molecule has 2 N–H and O–H groups in total. The molecule has 0 unspecified atom stereocenters. The van der Waals surface area contributed by atoms with Crippen LogP contribution < -0.4 is 5.32 Å². The van der Waals surface area contributed by atoms with E-state index in [1.165, 1.54) is 0 Å². The summed E-state index contributed by atoms with van der Waals surface area (Å²) in [7, 11) is 1.70. The number of imidazole rings is 1. The van der Waals surface area contributed by atoms with Crippen LogP contribution in [0.1, 0.15) is 17.1 Å². The number of methoxy groups -OCH3 is 1. The van der Waals surface area contributed by atoms with Gasteiger partial charge in [0, 0.05) is 18.4 Å². The number of hydrogen-bond acceptors (Lipinski definition) is 3. The second-order valence-electron chi connectivity index (χ2n) is 3.94. The summed E-state index contributed by atoms with van der Waals surface area (Å²) in [6.07, 6.45) is 1.85. The van der Waals surface area contributed by atoms with Crippen molar-refractivity contribution < 1.29 is 4.74 Å². The predicted molar refractivity (Wildman–Crippen MR) is 67.8 cm³/mol. The minimum atomic E-state index is 0.616. The van der Waals surface area contributed by atoms with Crippen molar-refractivity contribution in [2.75, 3.05) is 12.4 Å². The second kappa shape index (κ2) is 5.50. The average Bonchev–Trinajstić information content (AvgIpc) is 2.74. The highest BCUT2D eigenvalue weighted by molar-refractivity contribution is 5.50. The van der Waals surface area contributed by atoms with Crippen molar-refractivity contribution in [3.05, 3.63) is 47.5 Å². The smallest absolute Gasteiger partial charge is 0.103 e. The van der Waals surface area contributed by atoms with Crippen LogP contribution in [-0.2, 0) is 17.9 Å². The van der Waals surface area contributed by atoms with E-state index in [2.05, 4.69) is 27.4 Å². The molecule has 1 aromatic carbocycles. The minimum absolute atomic E-state index is 0.616. The number of rotatable bonds is 5. The molecule has 4 nitrogen and oxygen atoms in total. The molecule has 0 bridgehead atoms. The van der Waals surface area contributed by atoms with Gasteiger partial charge in [-0.1, -0.05) is 18.2 Å². The third-order valence-electron chi connectivity index (χ3n) is 2.54. The van der Waals surface area contributed by atoms with Gasteiger partial charge < -0.3 is 15.0 Å². The number of nitrogens with one attached hydrogen (secondary N) is 2. The van der Waals surface area contributed by atoms with Crippen LogP contribution in [0, 0.1) is 6.92 Å². The maximum atomic E-state index is 5.16. The summed E-state index contributed by atoms with van der Waals surface area (Å²) in [6.45, 7) is 3.30. The van der Waals surface area contributed by atoms with Crippen LogP contribution in [0.25, 0.3) is 0 Å². The lowest BCUT2D eigenvalue weighted by Crippen LogP contribution is -2.03. The van der Waals surface area contributed by atoms with E-state index < -0.39 is 0 Å². The normalized spacial score (nSPS) is 10.5. The highest BCUT2D eigenvalue weighted by Crippen LogP contribution is 2.16. The zero-order valence-electron chi connectivity index (χ0n) is 10.2. The summed E-state index contributed by atoms with van der Waals surface area (Å²) >= 11 is 0. The van der Waals surface area contributed by atoms with Crippen LogP contribution in [0.4, 0.5) is 5.69 Å². The Balaban J connectivity index is 2.03. The van der Waals surface area contributed by atoms with Gasteiger partial charge >= 0.3 is 0 Å².